The number of amides is 3. The van der Waals surface area contributed by atoms with Crippen molar-refractivity contribution < 1.29 is 19.1 Å². The number of methoxy groups -OCH3 is 1. The number of nitrogens with zero attached hydrogens (tertiary/aromatic N) is 2. The van der Waals surface area contributed by atoms with Gasteiger partial charge in [-0.2, -0.15) is 0 Å². The number of benzene rings is 2. The van der Waals surface area contributed by atoms with Gasteiger partial charge < -0.3 is 19.7 Å². The molecule has 0 radical (unpaired) electrons. The second-order valence-electron chi connectivity index (χ2n) is 10.3. The number of urea groups is 1. The summed E-state index contributed by atoms with van der Waals surface area (Å²) in [7, 11) is 1.71. The first kappa shape index (κ1) is 29.7. The van der Waals surface area contributed by atoms with Crippen LogP contribution in [0.3, 0.4) is 0 Å². The summed E-state index contributed by atoms with van der Waals surface area (Å²) in [6.07, 6.45) is 2.35. The van der Waals surface area contributed by atoms with Gasteiger partial charge in [-0.3, -0.25) is 4.79 Å². The standard InChI is InChI=1S/C31H45N3O4/c1-7-20-33(22-25-13-11-23(4)12-14-25)30(36)34-28(35)31(8-2,9-3)29(34)38-27-17-15-26(16-18-27)24(5)32-19-10-21-37-6/h11-18,24,29,32H,7-10,19-22H2,1-6H3. The molecule has 2 unspecified atom stereocenters. The molecule has 7 heteroatoms. The minimum Gasteiger partial charge on any atom is -0.469 e. The smallest absolute Gasteiger partial charge is 0.330 e. The molecular weight excluding hydrogens is 478 g/mol. The largest absolute Gasteiger partial charge is 0.469 e. The molecule has 1 heterocycles. The van der Waals surface area contributed by atoms with Crippen LogP contribution in [-0.4, -0.2) is 54.8 Å². The van der Waals surface area contributed by atoms with E-state index in [2.05, 4.69) is 12.2 Å². The predicted octanol–water partition coefficient (Wildman–Crippen LogP) is 6.07. The van der Waals surface area contributed by atoms with Gasteiger partial charge in [-0.15, -0.1) is 0 Å². The number of likely N-dealkylation sites (tertiary alicyclic amines) is 1. The van der Waals surface area contributed by atoms with Gasteiger partial charge in [0.1, 0.15) is 11.2 Å². The van der Waals surface area contributed by atoms with Gasteiger partial charge in [-0.25, -0.2) is 9.69 Å². The number of carbonyl (C=O) groups is 2. The van der Waals surface area contributed by atoms with Crippen LogP contribution < -0.4 is 10.1 Å². The molecule has 1 aliphatic rings. The Morgan fingerprint density at radius 3 is 2.32 bits per heavy atom. The van der Waals surface area contributed by atoms with Crippen molar-refractivity contribution in [3.63, 3.8) is 0 Å². The van der Waals surface area contributed by atoms with Crippen molar-refractivity contribution in [2.45, 2.75) is 79.1 Å². The van der Waals surface area contributed by atoms with Crippen molar-refractivity contribution in [3.05, 3.63) is 65.2 Å². The van der Waals surface area contributed by atoms with Crippen LogP contribution in [0.1, 0.15) is 76.1 Å². The molecule has 7 nitrogen and oxygen atoms in total. The van der Waals surface area contributed by atoms with Crippen molar-refractivity contribution in [1.82, 2.24) is 15.1 Å². The number of aryl methyl sites for hydroxylation is 1. The minimum atomic E-state index is -0.702. The lowest BCUT2D eigenvalue weighted by Gasteiger charge is -2.54. The van der Waals surface area contributed by atoms with Crippen LogP contribution in [0, 0.1) is 12.3 Å². The molecule has 0 bridgehead atoms. The van der Waals surface area contributed by atoms with Crippen LogP contribution in [0.2, 0.25) is 0 Å². The van der Waals surface area contributed by atoms with Gasteiger partial charge in [0, 0.05) is 32.8 Å². The van der Waals surface area contributed by atoms with E-state index in [1.807, 2.05) is 76.2 Å². The van der Waals surface area contributed by atoms with E-state index in [9.17, 15) is 9.59 Å². The Hall–Kier alpha value is -2.90. The summed E-state index contributed by atoms with van der Waals surface area (Å²) in [4.78, 5) is 30.3. The number of nitrogens with one attached hydrogen (secondary N) is 1. The zero-order chi connectivity index (χ0) is 27.7. The summed E-state index contributed by atoms with van der Waals surface area (Å²) in [6.45, 7) is 12.8. The van der Waals surface area contributed by atoms with E-state index in [4.69, 9.17) is 9.47 Å². The molecule has 0 aliphatic carbocycles. The molecule has 0 saturated carbocycles. The van der Waals surface area contributed by atoms with E-state index in [0.29, 0.717) is 31.7 Å². The summed E-state index contributed by atoms with van der Waals surface area (Å²) in [5, 5.41) is 3.50. The third-order valence-corrected chi connectivity index (χ3v) is 7.68. The Balaban J connectivity index is 1.76. The van der Waals surface area contributed by atoms with E-state index in [0.717, 1.165) is 37.1 Å². The molecular formula is C31H45N3O4. The monoisotopic (exact) mass is 523 g/mol. The fourth-order valence-corrected chi connectivity index (χ4v) is 5.08. The summed E-state index contributed by atoms with van der Waals surface area (Å²) in [5.74, 6) is 0.510. The number of imide groups is 1. The van der Waals surface area contributed by atoms with E-state index < -0.39 is 11.6 Å². The lowest BCUT2D eigenvalue weighted by Crippen LogP contribution is -2.73. The van der Waals surface area contributed by atoms with Crippen LogP contribution in [-0.2, 0) is 16.1 Å². The van der Waals surface area contributed by atoms with Gasteiger partial charge in [0.05, 0.1) is 0 Å². The topological polar surface area (TPSA) is 71.1 Å². The highest BCUT2D eigenvalue weighted by atomic mass is 16.5. The second-order valence-corrected chi connectivity index (χ2v) is 10.3. The zero-order valence-corrected chi connectivity index (χ0v) is 24.0. The summed E-state index contributed by atoms with van der Waals surface area (Å²) in [5.41, 5.74) is 2.66. The maximum atomic E-state index is 13.7. The number of hydrogen-bond donors (Lipinski definition) is 1. The molecule has 2 aromatic carbocycles. The Morgan fingerprint density at radius 2 is 1.74 bits per heavy atom. The fraction of sp³-hybridized carbons (Fsp3) is 0.548. The predicted molar refractivity (Wildman–Crippen MR) is 151 cm³/mol. The molecule has 1 aliphatic heterocycles. The molecule has 3 amide bonds. The number of β-lactam (4-membered cyclic amide) rings is 1. The molecule has 208 valence electrons. The van der Waals surface area contributed by atoms with Crippen molar-refractivity contribution >= 4 is 11.9 Å². The quantitative estimate of drug-likeness (QED) is 0.240. The SMILES string of the molecule is CCCN(Cc1ccc(C)cc1)C(=O)N1C(=O)C(CC)(CC)C1Oc1ccc(C(C)NCCCOC)cc1. The number of ether oxygens (including phenoxy) is 2. The zero-order valence-electron chi connectivity index (χ0n) is 24.0. The highest BCUT2D eigenvalue weighted by Crippen LogP contribution is 2.46. The highest BCUT2D eigenvalue weighted by Gasteiger charge is 2.63. The van der Waals surface area contributed by atoms with Crippen molar-refractivity contribution in [2.75, 3.05) is 26.8 Å². The van der Waals surface area contributed by atoms with Gasteiger partial charge >= 0.3 is 6.03 Å². The normalized spacial score (nSPS) is 17.2. The first-order valence-electron chi connectivity index (χ1n) is 14.0. The molecule has 1 saturated heterocycles. The van der Waals surface area contributed by atoms with Crippen molar-refractivity contribution in [1.29, 1.82) is 0 Å². The van der Waals surface area contributed by atoms with Crippen molar-refractivity contribution in [3.8, 4) is 5.75 Å². The first-order chi connectivity index (χ1) is 18.3. The van der Waals surface area contributed by atoms with Crippen LogP contribution in [0.5, 0.6) is 5.75 Å². The molecule has 2 aromatic rings. The van der Waals surface area contributed by atoms with Gasteiger partial charge in [0.2, 0.25) is 5.91 Å². The fourth-order valence-electron chi connectivity index (χ4n) is 5.08. The van der Waals surface area contributed by atoms with Crippen LogP contribution >= 0.6 is 0 Å². The Bertz CT molecular complexity index is 1030. The average Bonchev–Trinajstić information content (AvgIpc) is 2.93. The average molecular weight is 524 g/mol. The third kappa shape index (κ3) is 6.56. The Labute approximate surface area is 228 Å². The van der Waals surface area contributed by atoms with Crippen LogP contribution in [0.25, 0.3) is 0 Å². The lowest BCUT2D eigenvalue weighted by molar-refractivity contribution is -0.192. The van der Waals surface area contributed by atoms with E-state index in [1.54, 1.807) is 12.0 Å². The summed E-state index contributed by atoms with van der Waals surface area (Å²) < 4.78 is 11.5. The molecule has 3 rings (SSSR count). The second kappa shape index (κ2) is 13.8. The van der Waals surface area contributed by atoms with Gasteiger partial charge in [0.15, 0.2) is 6.23 Å². The van der Waals surface area contributed by atoms with Crippen LogP contribution in [0.4, 0.5) is 4.79 Å². The molecule has 2 atom stereocenters. The molecule has 0 spiro atoms. The highest BCUT2D eigenvalue weighted by molar-refractivity contribution is 6.03. The maximum absolute atomic E-state index is 13.7. The van der Waals surface area contributed by atoms with Gasteiger partial charge in [-0.05, 0) is 69.3 Å². The van der Waals surface area contributed by atoms with Gasteiger partial charge in [-0.1, -0.05) is 62.7 Å². The van der Waals surface area contributed by atoms with Crippen molar-refractivity contribution in [2.24, 2.45) is 5.41 Å². The minimum absolute atomic E-state index is 0.145. The molecule has 38 heavy (non-hydrogen) atoms. The molecule has 1 N–H and O–H groups in total. The van der Waals surface area contributed by atoms with E-state index in [1.165, 1.54) is 10.5 Å². The van der Waals surface area contributed by atoms with E-state index in [-0.39, 0.29) is 18.0 Å². The molecule has 1 fully saturated rings. The number of hydrogen-bond acceptors (Lipinski definition) is 5. The summed E-state index contributed by atoms with van der Waals surface area (Å²) in [6, 6.07) is 16.0. The lowest BCUT2D eigenvalue weighted by atomic mass is 9.72. The first-order valence-corrected chi connectivity index (χ1v) is 14.0. The molecule has 0 aromatic heterocycles. The van der Waals surface area contributed by atoms with E-state index >= 15 is 0 Å². The Kier molecular flexibility index (Phi) is 10.7. The summed E-state index contributed by atoms with van der Waals surface area (Å²) >= 11 is 0. The van der Waals surface area contributed by atoms with Crippen LogP contribution in [0.15, 0.2) is 48.5 Å². The third-order valence-electron chi connectivity index (χ3n) is 7.68. The Morgan fingerprint density at radius 1 is 1.08 bits per heavy atom. The maximum Gasteiger partial charge on any atom is 0.330 e. The number of carbonyl (C=O) groups excluding carboxylic acids is 2. The van der Waals surface area contributed by atoms with Gasteiger partial charge in [0.25, 0.3) is 0 Å². The number of rotatable bonds is 14.